The van der Waals surface area contributed by atoms with E-state index in [0.29, 0.717) is 12.0 Å². The van der Waals surface area contributed by atoms with E-state index in [2.05, 4.69) is 16.5 Å². The van der Waals surface area contributed by atoms with E-state index < -0.39 is 0 Å². The van der Waals surface area contributed by atoms with E-state index >= 15 is 0 Å². The number of aromatic nitrogens is 2. The Hall–Kier alpha value is -1.71. The largest absolute Gasteiger partial charge is 0.497 e. The van der Waals surface area contributed by atoms with Crippen molar-refractivity contribution < 1.29 is 4.74 Å². The molecule has 0 radical (unpaired) electrons. The van der Waals surface area contributed by atoms with E-state index in [1.807, 2.05) is 18.2 Å². The number of rotatable bonds is 3. The van der Waals surface area contributed by atoms with Crippen molar-refractivity contribution in [2.24, 2.45) is 5.92 Å². The van der Waals surface area contributed by atoms with Gasteiger partial charge < -0.3 is 15.0 Å². The van der Waals surface area contributed by atoms with Crippen molar-refractivity contribution in [2.45, 2.75) is 25.8 Å². The van der Waals surface area contributed by atoms with Crippen molar-refractivity contribution in [1.82, 2.24) is 9.55 Å². The summed E-state index contributed by atoms with van der Waals surface area (Å²) >= 11 is 0. The van der Waals surface area contributed by atoms with Crippen LogP contribution in [-0.2, 0) is 0 Å². The van der Waals surface area contributed by atoms with Crippen LogP contribution in [0.25, 0.3) is 11.0 Å². The van der Waals surface area contributed by atoms with Crippen LogP contribution in [0, 0.1) is 5.92 Å². The first-order valence-electron chi connectivity index (χ1n) is 6.02. The van der Waals surface area contributed by atoms with Crippen LogP contribution in [0.15, 0.2) is 18.2 Å². The molecule has 2 aromatic rings. The maximum Gasteiger partial charge on any atom is 0.201 e. The van der Waals surface area contributed by atoms with Crippen molar-refractivity contribution in [3.8, 4) is 5.75 Å². The van der Waals surface area contributed by atoms with Crippen molar-refractivity contribution in [1.29, 1.82) is 0 Å². The molecule has 1 atom stereocenters. The standard InChI is InChI=1S/C13H17N3O/c1-8(9-3-4-9)16-12-6-5-10(17-2)7-11(12)15-13(16)14/h5-9H,3-4H2,1-2H3,(H2,14,15). The average Bonchev–Trinajstić information content (AvgIpc) is 3.10. The number of fused-ring (bicyclic) bond motifs is 1. The van der Waals surface area contributed by atoms with Crippen LogP contribution >= 0.6 is 0 Å². The molecular formula is C13H17N3O. The Morgan fingerprint density at radius 2 is 2.24 bits per heavy atom. The summed E-state index contributed by atoms with van der Waals surface area (Å²) in [5, 5.41) is 0. The number of nitrogens with zero attached hydrogens (tertiary/aromatic N) is 2. The highest BCUT2D eigenvalue weighted by Crippen LogP contribution is 2.41. The van der Waals surface area contributed by atoms with Crippen molar-refractivity contribution in [2.75, 3.05) is 12.8 Å². The lowest BCUT2D eigenvalue weighted by atomic mass is 10.2. The fourth-order valence-corrected chi connectivity index (χ4v) is 2.44. The van der Waals surface area contributed by atoms with Gasteiger partial charge in [-0.05, 0) is 37.8 Å². The molecule has 1 aliphatic rings. The zero-order valence-corrected chi connectivity index (χ0v) is 10.2. The first-order valence-corrected chi connectivity index (χ1v) is 6.02. The molecule has 0 amide bonds. The molecule has 1 fully saturated rings. The lowest BCUT2D eigenvalue weighted by molar-refractivity contribution is 0.415. The Morgan fingerprint density at radius 3 is 2.88 bits per heavy atom. The van der Waals surface area contributed by atoms with Gasteiger partial charge in [-0.3, -0.25) is 0 Å². The van der Waals surface area contributed by atoms with Crippen LogP contribution in [0.5, 0.6) is 5.75 Å². The van der Waals surface area contributed by atoms with Crippen LogP contribution < -0.4 is 10.5 Å². The summed E-state index contributed by atoms with van der Waals surface area (Å²) in [4.78, 5) is 4.41. The molecule has 1 aromatic heterocycles. The van der Waals surface area contributed by atoms with E-state index in [9.17, 15) is 0 Å². The van der Waals surface area contributed by atoms with Gasteiger partial charge in [-0.25, -0.2) is 4.98 Å². The highest BCUT2D eigenvalue weighted by Gasteiger charge is 2.31. The van der Waals surface area contributed by atoms with Crippen molar-refractivity contribution >= 4 is 17.0 Å². The smallest absolute Gasteiger partial charge is 0.201 e. The normalized spacial score (nSPS) is 17.3. The third kappa shape index (κ3) is 1.64. The number of nitrogens with two attached hydrogens (primary N) is 1. The summed E-state index contributed by atoms with van der Waals surface area (Å²) in [6.45, 7) is 2.22. The van der Waals surface area contributed by atoms with E-state index in [0.717, 1.165) is 22.7 Å². The quantitative estimate of drug-likeness (QED) is 0.883. The number of benzene rings is 1. The van der Waals surface area contributed by atoms with E-state index in [1.54, 1.807) is 7.11 Å². The molecule has 1 saturated carbocycles. The summed E-state index contributed by atoms with van der Waals surface area (Å²) in [7, 11) is 1.66. The van der Waals surface area contributed by atoms with E-state index in [4.69, 9.17) is 10.5 Å². The summed E-state index contributed by atoms with van der Waals surface area (Å²) in [6, 6.07) is 6.37. The minimum Gasteiger partial charge on any atom is -0.497 e. The fraction of sp³-hybridized carbons (Fsp3) is 0.462. The van der Waals surface area contributed by atoms with Crippen LogP contribution in [0.3, 0.4) is 0 Å². The molecular weight excluding hydrogens is 214 g/mol. The number of hydrogen-bond donors (Lipinski definition) is 1. The zero-order chi connectivity index (χ0) is 12.0. The highest BCUT2D eigenvalue weighted by molar-refractivity contribution is 5.80. The molecule has 90 valence electrons. The van der Waals surface area contributed by atoms with Gasteiger partial charge in [0.25, 0.3) is 0 Å². The van der Waals surface area contributed by atoms with Gasteiger partial charge in [0.2, 0.25) is 5.95 Å². The van der Waals surface area contributed by atoms with Crippen LogP contribution in [-0.4, -0.2) is 16.7 Å². The van der Waals surface area contributed by atoms with Gasteiger partial charge in [0.05, 0.1) is 18.1 Å². The molecule has 3 rings (SSSR count). The molecule has 1 heterocycles. The average molecular weight is 231 g/mol. The number of anilines is 1. The third-order valence-electron chi connectivity index (χ3n) is 3.64. The summed E-state index contributed by atoms with van der Waals surface area (Å²) in [6.07, 6.45) is 2.60. The van der Waals surface area contributed by atoms with Gasteiger partial charge in [-0.15, -0.1) is 0 Å². The minimum atomic E-state index is 0.438. The number of methoxy groups -OCH3 is 1. The number of nitrogen functional groups attached to an aromatic ring is 1. The van der Waals surface area contributed by atoms with Gasteiger partial charge >= 0.3 is 0 Å². The van der Waals surface area contributed by atoms with Gasteiger partial charge in [0.1, 0.15) is 5.75 Å². The summed E-state index contributed by atoms with van der Waals surface area (Å²) in [5.74, 6) is 2.19. The number of hydrogen-bond acceptors (Lipinski definition) is 3. The molecule has 1 aromatic carbocycles. The number of imidazole rings is 1. The summed E-state index contributed by atoms with van der Waals surface area (Å²) in [5.41, 5.74) is 8.03. The molecule has 4 heteroatoms. The predicted molar refractivity (Wildman–Crippen MR) is 68.1 cm³/mol. The SMILES string of the molecule is COc1ccc2c(c1)nc(N)n2C(C)C1CC1. The Labute approximate surface area is 100 Å². The lowest BCUT2D eigenvalue weighted by Gasteiger charge is -2.14. The highest BCUT2D eigenvalue weighted by atomic mass is 16.5. The molecule has 0 aliphatic heterocycles. The third-order valence-corrected chi connectivity index (χ3v) is 3.64. The second-order valence-corrected chi connectivity index (χ2v) is 4.77. The maximum absolute atomic E-state index is 6.02. The lowest BCUT2D eigenvalue weighted by Crippen LogP contribution is -2.10. The molecule has 1 aliphatic carbocycles. The fourth-order valence-electron chi connectivity index (χ4n) is 2.44. The van der Waals surface area contributed by atoms with Crippen LogP contribution in [0.4, 0.5) is 5.95 Å². The first-order chi connectivity index (χ1) is 8.20. The molecule has 2 N–H and O–H groups in total. The maximum atomic E-state index is 6.02. The second-order valence-electron chi connectivity index (χ2n) is 4.77. The van der Waals surface area contributed by atoms with Crippen LogP contribution in [0.1, 0.15) is 25.8 Å². The Kier molecular flexibility index (Phi) is 2.24. The Bertz CT molecular complexity index is 557. The molecule has 17 heavy (non-hydrogen) atoms. The summed E-state index contributed by atoms with van der Waals surface area (Å²) < 4.78 is 7.35. The predicted octanol–water partition coefficient (Wildman–Crippen LogP) is 2.60. The van der Waals surface area contributed by atoms with E-state index in [1.165, 1.54) is 12.8 Å². The van der Waals surface area contributed by atoms with Gasteiger partial charge in [-0.1, -0.05) is 0 Å². The molecule has 4 nitrogen and oxygen atoms in total. The van der Waals surface area contributed by atoms with Crippen LogP contribution in [0.2, 0.25) is 0 Å². The second kappa shape index (κ2) is 3.65. The van der Waals surface area contributed by atoms with Crippen molar-refractivity contribution in [3.63, 3.8) is 0 Å². The Morgan fingerprint density at radius 1 is 1.47 bits per heavy atom. The van der Waals surface area contributed by atoms with Gasteiger partial charge in [0, 0.05) is 12.1 Å². The topological polar surface area (TPSA) is 53.1 Å². The first kappa shape index (κ1) is 10.4. The zero-order valence-electron chi connectivity index (χ0n) is 10.2. The van der Waals surface area contributed by atoms with Crippen molar-refractivity contribution in [3.05, 3.63) is 18.2 Å². The van der Waals surface area contributed by atoms with E-state index in [-0.39, 0.29) is 0 Å². The minimum absolute atomic E-state index is 0.438. The molecule has 0 spiro atoms. The monoisotopic (exact) mass is 231 g/mol. The molecule has 0 bridgehead atoms. The van der Waals surface area contributed by atoms with Gasteiger partial charge in [0.15, 0.2) is 0 Å². The molecule has 1 unspecified atom stereocenters. The number of ether oxygens (including phenoxy) is 1. The molecule has 0 saturated heterocycles. The van der Waals surface area contributed by atoms with Gasteiger partial charge in [-0.2, -0.15) is 0 Å². The Balaban J connectivity index is 2.13.